The normalized spacial score (nSPS) is 14.3. The molecule has 1 aromatic heterocycles. The topological polar surface area (TPSA) is 12.0 Å². The summed E-state index contributed by atoms with van der Waals surface area (Å²) in [5.41, 5.74) is 0.277. The molecule has 0 bridgehead atoms. The molecule has 0 fully saturated rings. The number of thiophene rings is 1. The summed E-state index contributed by atoms with van der Waals surface area (Å²) >= 11 is 1.96. The van der Waals surface area contributed by atoms with Crippen molar-refractivity contribution >= 4 is 11.3 Å². The van der Waals surface area contributed by atoms with Crippen LogP contribution in [-0.2, 0) is 5.41 Å². The number of hydrogen-bond acceptors (Lipinski definition) is 2. The van der Waals surface area contributed by atoms with E-state index in [2.05, 4.69) is 59.1 Å². The van der Waals surface area contributed by atoms with Crippen molar-refractivity contribution in [2.45, 2.75) is 58.9 Å². The van der Waals surface area contributed by atoms with E-state index in [0.29, 0.717) is 6.04 Å². The van der Waals surface area contributed by atoms with Crippen LogP contribution in [0.25, 0.3) is 0 Å². The maximum atomic E-state index is 3.45. The molecule has 0 spiro atoms. The van der Waals surface area contributed by atoms with Crippen LogP contribution in [0.2, 0.25) is 0 Å². The van der Waals surface area contributed by atoms with Gasteiger partial charge in [0, 0.05) is 15.8 Å². The fraction of sp³-hybridized carbons (Fsp3) is 0.733. The van der Waals surface area contributed by atoms with Gasteiger partial charge in [-0.1, -0.05) is 34.6 Å². The Kier molecular flexibility index (Phi) is 5.21. The first kappa shape index (κ1) is 14.7. The lowest BCUT2D eigenvalue weighted by atomic mass is 9.95. The van der Waals surface area contributed by atoms with Gasteiger partial charge in [-0.05, 0) is 43.4 Å². The zero-order valence-corrected chi connectivity index (χ0v) is 12.9. The molecule has 1 rings (SSSR count). The first-order chi connectivity index (χ1) is 7.84. The maximum Gasteiger partial charge on any atom is 0.0412 e. The Bertz CT molecular complexity index is 333. The lowest BCUT2D eigenvalue weighted by molar-refractivity contribution is 0.469. The molecule has 0 aliphatic carbocycles. The third-order valence-corrected chi connectivity index (χ3v) is 4.72. The van der Waals surface area contributed by atoms with Crippen LogP contribution in [0, 0.1) is 5.92 Å². The van der Waals surface area contributed by atoms with Crippen molar-refractivity contribution in [3.63, 3.8) is 0 Å². The highest BCUT2D eigenvalue weighted by molar-refractivity contribution is 7.12. The van der Waals surface area contributed by atoms with Crippen molar-refractivity contribution in [1.29, 1.82) is 0 Å². The molecule has 1 aromatic rings. The summed E-state index contributed by atoms with van der Waals surface area (Å²) in [5, 5.41) is 3.45. The number of hydrogen-bond donors (Lipinski definition) is 1. The minimum atomic E-state index is 0.277. The van der Waals surface area contributed by atoms with E-state index in [1.165, 1.54) is 22.6 Å². The zero-order chi connectivity index (χ0) is 13.1. The summed E-state index contributed by atoms with van der Waals surface area (Å²) in [7, 11) is 2.07. The second-order valence-corrected chi connectivity index (χ2v) is 7.38. The smallest absolute Gasteiger partial charge is 0.0412 e. The highest BCUT2D eigenvalue weighted by Gasteiger charge is 2.19. The Morgan fingerprint density at radius 1 is 1.18 bits per heavy atom. The SMILES string of the molecule is CNC(CCC(C)C)c1ccc(C(C)(C)C)s1. The summed E-state index contributed by atoms with van der Waals surface area (Å²) in [5.74, 6) is 0.785. The molecule has 1 heterocycles. The van der Waals surface area contributed by atoms with Crippen molar-refractivity contribution < 1.29 is 0 Å². The van der Waals surface area contributed by atoms with Gasteiger partial charge in [0.15, 0.2) is 0 Å². The lowest BCUT2D eigenvalue weighted by Gasteiger charge is -2.17. The molecule has 0 saturated heterocycles. The summed E-state index contributed by atoms with van der Waals surface area (Å²) in [6.45, 7) is 11.4. The van der Waals surface area contributed by atoms with E-state index in [0.717, 1.165) is 5.92 Å². The third-order valence-electron chi connectivity index (χ3n) is 3.09. The van der Waals surface area contributed by atoms with E-state index in [1.54, 1.807) is 0 Å². The standard InChI is InChI=1S/C15H27NS/c1-11(2)7-8-12(16-6)13-9-10-14(17-13)15(3,4)5/h9-12,16H,7-8H2,1-6H3. The highest BCUT2D eigenvalue weighted by atomic mass is 32.1. The predicted molar refractivity (Wildman–Crippen MR) is 78.9 cm³/mol. The molecule has 0 amide bonds. The van der Waals surface area contributed by atoms with Gasteiger partial charge in [-0.2, -0.15) is 0 Å². The Morgan fingerprint density at radius 2 is 1.82 bits per heavy atom. The summed E-state index contributed by atoms with van der Waals surface area (Å²) in [4.78, 5) is 2.97. The van der Waals surface area contributed by atoms with Crippen molar-refractivity contribution in [3.8, 4) is 0 Å². The quantitative estimate of drug-likeness (QED) is 0.799. The molecule has 0 aliphatic heterocycles. The Balaban J connectivity index is 2.72. The first-order valence-corrected chi connectivity index (χ1v) is 7.43. The van der Waals surface area contributed by atoms with E-state index < -0.39 is 0 Å². The fourth-order valence-corrected chi connectivity index (χ4v) is 3.08. The van der Waals surface area contributed by atoms with E-state index in [1.807, 2.05) is 11.3 Å². The first-order valence-electron chi connectivity index (χ1n) is 6.62. The molecular weight excluding hydrogens is 226 g/mol. The Morgan fingerprint density at radius 3 is 2.24 bits per heavy atom. The molecule has 0 aliphatic rings. The van der Waals surface area contributed by atoms with Crippen LogP contribution in [0.15, 0.2) is 12.1 Å². The van der Waals surface area contributed by atoms with Crippen molar-refractivity contribution in [3.05, 3.63) is 21.9 Å². The van der Waals surface area contributed by atoms with Crippen LogP contribution in [0.3, 0.4) is 0 Å². The van der Waals surface area contributed by atoms with E-state index in [9.17, 15) is 0 Å². The second-order valence-electron chi connectivity index (χ2n) is 6.26. The average Bonchev–Trinajstić information content (AvgIpc) is 2.67. The van der Waals surface area contributed by atoms with Crippen LogP contribution in [0.1, 0.15) is 63.3 Å². The summed E-state index contributed by atoms with van der Waals surface area (Å²) < 4.78 is 0. The van der Waals surface area contributed by atoms with Gasteiger partial charge in [0.25, 0.3) is 0 Å². The van der Waals surface area contributed by atoms with Gasteiger partial charge in [0.2, 0.25) is 0 Å². The lowest BCUT2D eigenvalue weighted by Crippen LogP contribution is -2.15. The van der Waals surface area contributed by atoms with Gasteiger partial charge in [0.05, 0.1) is 0 Å². The van der Waals surface area contributed by atoms with Crippen LogP contribution in [0.5, 0.6) is 0 Å². The van der Waals surface area contributed by atoms with Crippen LogP contribution < -0.4 is 5.32 Å². The Hall–Kier alpha value is -0.340. The molecule has 0 saturated carbocycles. The molecule has 98 valence electrons. The van der Waals surface area contributed by atoms with Gasteiger partial charge in [0.1, 0.15) is 0 Å². The van der Waals surface area contributed by atoms with Crippen LogP contribution >= 0.6 is 11.3 Å². The van der Waals surface area contributed by atoms with Crippen molar-refractivity contribution in [2.75, 3.05) is 7.05 Å². The van der Waals surface area contributed by atoms with E-state index in [4.69, 9.17) is 0 Å². The molecule has 1 nitrogen and oxygen atoms in total. The molecule has 2 heteroatoms. The monoisotopic (exact) mass is 253 g/mol. The Labute approximate surface area is 111 Å². The van der Waals surface area contributed by atoms with E-state index >= 15 is 0 Å². The highest BCUT2D eigenvalue weighted by Crippen LogP contribution is 2.33. The van der Waals surface area contributed by atoms with E-state index in [-0.39, 0.29) is 5.41 Å². The van der Waals surface area contributed by atoms with Crippen molar-refractivity contribution in [2.24, 2.45) is 5.92 Å². The molecule has 1 atom stereocenters. The second kappa shape index (κ2) is 6.01. The minimum Gasteiger partial charge on any atom is -0.312 e. The van der Waals surface area contributed by atoms with Gasteiger partial charge in [-0.3, -0.25) is 0 Å². The minimum absolute atomic E-state index is 0.277. The number of rotatable bonds is 5. The molecular formula is C15H27NS. The predicted octanol–water partition coefficient (Wildman–Crippen LogP) is 4.74. The molecule has 0 aromatic carbocycles. The fourth-order valence-electron chi connectivity index (χ4n) is 1.87. The van der Waals surface area contributed by atoms with Crippen LogP contribution in [-0.4, -0.2) is 7.05 Å². The number of nitrogens with one attached hydrogen (secondary N) is 1. The molecule has 1 N–H and O–H groups in total. The molecule has 17 heavy (non-hydrogen) atoms. The van der Waals surface area contributed by atoms with Crippen molar-refractivity contribution in [1.82, 2.24) is 5.32 Å². The summed E-state index contributed by atoms with van der Waals surface area (Å²) in [6, 6.07) is 5.12. The zero-order valence-electron chi connectivity index (χ0n) is 12.1. The molecule has 0 radical (unpaired) electrons. The van der Waals surface area contributed by atoms with Gasteiger partial charge < -0.3 is 5.32 Å². The van der Waals surface area contributed by atoms with Gasteiger partial charge in [-0.15, -0.1) is 11.3 Å². The molecule has 1 unspecified atom stereocenters. The third kappa shape index (κ3) is 4.44. The van der Waals surface area contributed by atoms with Gasteiger partial charge >= 0.3 is 0 Å². The summed E-state index contributed by atoms with van der Waals surface area (Å²) in [6.07, 6.45) is 2.52. The average molecular weight is 253 g/mol. The largest absolute Gasteiger partial charge is 0.312 e. The van der Waals surface area contributed by atoms with Gasteiger partial charge in [-0.25, -0.2) is 0 Å². The maximum absolute atomic E-state index is 3.45. The van der Waals surface area contributed by atoms with Crippen LogP contribution in [0.4, 0.5) is 0 Å².